The van der Waals surface area contributed by atoms with Crippen molar-refractivity contribution in [3.05, 3.63) is 98.6 Å². The van der Waals surface area contributed by atoms with Gasteiger partial charge in [0.05, 0.1) is 16.5 Å². The molecular formula is C28H29ClN4O4. The molecule has 8 nitrogen and oxygen atoms in total. The van der Waals surface area contributed by atoms with Crippen LogP contribution in [-0.4, -0.2) is 29.8 Å². The fourth-order valence-electron chi connectivity index (χ4n) is 4.42. The van der Waals surface area contributed by atoms with Gasteiger partial charge in [0.15, 0.2) is 0 Å². The summed E-state index contributed by atoms with van der Waals surface area (Å²) in [6, 6.07) is 18.6. The number of nitrogens with zero attached hydrogens (tertiary/aromatic N) is 2. The van der Waals surface area contributed by atoms with Gasteiger partial charge in [0.1, 0.15) is 5.02 Å². The van der Waals surface area contributed by atoms with Gasteiger partial charge in [-0.3, -0.25) is 19.7 Å². The Bertz CT molecular complexity index is 1310. The summed E-state index contributed by atoms with van der Waals surface area (Å²) in [5.74, 6) is -0.153. The minimum atomic E-state index is -0.635. The van der Waals surface area contributed by atoms with Gasteiger partial charge < -0.3 is 15.5 Å². The van der Waals surface area contributed by atoms with Gasteiger partial charge in [-0.2, -0.15) is 0 Å². The summed E-state index contributed by atoms with van der Waals surface area (Å²) < 4.78 is 0. The van der Waals surface area contributed by atoms with Crippen molar-refractivity contribution >= 4 is 40.5 Å². The number of carbonyl (C=O) groups is 2. The highest BCUT2D eigenvalue weighted by Crippen LogP contribution is 2.30. The van der Waals surface area contributed by atoms with E-state index in [0.717, 1.165) is 43.2 Å². The number of carbonyl (C=O) groups excluding carboxylic acids is 2. The first-order valence-electron chi connectivity index (χ1n) is 12.2. The monoisotopic (exact) mass is 520 g/mol. The number of halogens is 1. The van der Waals surface area contributed by atoms with Crippen LogP contribution in [0.25, 0.3) is 0 Å². The number of piperidine rings is 1. The molecular weight excluding hydrogens is 492 g/mol. The number of benzene rings is 3. The van der Waals surface area contributed by atoms with Crippen LogP contribution in [0.15, 0.2) is 66.7 Å². The van der Waals surface area contributed by atoms with E-state index in [9.17, 15) is 19.7 Å². The zero-order valence-corrected chi connectivity index (χ0v) is 21.5. The van der Waals surface area contributed by atoms with E-state index in [2.05, 4.69) is 22.5 Å². The molecule has 0 radical (unpaired) electrons. The third-order valence-corrected chi connectivity index (χ3v) is 7.00. The third kappa shape index (κ3) is 6.27. The van der Waals surface area contributed by atoms with Crippen LogP contribution >= 0.6 is 11.6 Å². The van der Waals surface area contributed by atoms with Crippen molar-refractivity contribution < 1.29 is 14.5 Å². The second kappa shape index (κ2) is 11.4. The molecule has 2 amide bonds. The maximum absolute atomic E-state index is 13.5. The zero-order valence-electron chi connectivity index (χ0n) is 20.7. The van der Waals surface area contributed by atoms with E-state index < -0.39 is 10.8 Å². The SMILES string of the molecule is CC1CCN(c2ccc(NC(=O)c3ccc(Cl)c([N+](=O)[O-])c3)cc2C(=O)NC(C)c2ccccc2)CC1. The summed E-state index contributed by atoms with van der Waals surface area (Å²) in [5, 5.41) is 17.0. The van der Waals surface area contributed by atoms with Crippen LogP contribution in [0.2, 0.25) is 5.02 Å². The number of rotatable bonds is 7. The molecule has 1 saturated heterocycles. The van der Waals surface area contributed by atoms with Gasteiger partial charge in [0.25, 0.3) is 17.5 Å². The predicted molar refractivity (Wildman–Crippen MR) is 145 cm³/mol. The molecule has 192 valence electrons. The van der Waals surface area contributed by atoms with E-state index in [1.165, 1.54) is 12.1 Å². The van der Waals surface area contributed by atoms with Crippen LogP contribution in [0.1, 0.15) is 59.0 Å². The van der Waals surface area contributed by atoms with Crippen LogP contribution in [0.4, 0.5) is 17.1 Å². The van der Waals surface area contributed by atoms with Gasteiger partial charge in [-0.1, -0.05) is 48.9 Å². The largest absolute Gasteiger partial charge is 0.371 e. The number of hydrogen-bond donors (Lipinski definition) is 2. The van der Waals surface area contributed by atoms with Gasteiger partial charge in [-0.05, 0) is 61.6 Å². The second-order valence-electron chi connectivity index (χ2n) is 9.38. The Morgan fingerprint density at radius 2 is 1.73 bits per heavy atom. The molecule has 1 unspecified atom stereocenters. The van der Waals surface area contributed by atoms with E-state index in [-0.39, 0.29) is 28.2 Å². The van der Waals surface area contributed by atoms with E-state index in [0.29, 0.717) is 17.2 Å². The lowest BCUT2D eigenvalue weighted by molar-refractivity contribution is -0.384. The van der Waals surface area contributed by atoms with Gasteiger partial charge in [-0.15, -0.1) is 0 Å². The van der Waals surface area contributed by atoms with Gasteiger partial charge in [-0.25, -0.2) is 0 Å². The highest BCUT2D eigenvalue weighted by atomic mass is 35.5. The van der Waals surface area contributed by atoms with Crippen molar-refractivity contribution in [1.82, 2.24) is 5.32 Å². The Kier molecular flexibility index (Phi) is 8.08. The summed E-state index contributed by atoms with van der Waals surface area (Å²) in [6.07, 6.45) is 2.07. The Morgan fingerprint density at radius 3 is 2.41 bits per heavy atom. The standard InChI is InChI=1S/C28H29ClN4O4/c1-18-12-14-32(15-13-18)25-11-9-22(31-27(34)21-8-10-24(29)26(16-21)33(36)37)17-23(25)28(35)30-19(2)20-6-4-3-5-7-20/h3-11,16-19H,12-15H2,1-2H3,(H,30,35)(H,31,34). The molecule has 0 spiro atoms. The Balaban J connectivity index is 1.61. The van der Waals surface area contributed by atoms with Crippen molar-refractivity contribution in [2.24, 2.45) is 5.92 Å². The van der Waals surface area contributed by atoms with E-state index >= 15 is 0 Å². The molecule has 0 saturated carbocycles. The summed E-state index contributed by atoms with van der Waals surface area (Å²) >= 11 is 5.88. The minimum Gasteiger partial charge on any atom is -0.371 e. The third-order valence-electron chi connectivity index (χ3n) is 6.68. The maximum atomic E-state index is 13.5. The smallest absolute Gasteiger partial charge is 0.288 e. The first-order valence-corrected chi connectivity index (χ1v) is 12.6. The molecule has 1 atom stereocenters. The molecule has 4 rings (SSSR count). The second-order valence-corrected chi connectivity index (χ2v) is 9.79. The van der Waals surface area contributed by atoms with Gasteiger partial charge in [0, 0.05) is 36.1 Å². The number of nitro groups is 1. The summed E-state index contributed by atoms with van der Waals surface area (Å²) in [4.78, 5) is 39.1. The lowest BCUT2D eigenvalue weighted by Gasteiger charge is -2.33. The fraction of sp³-hybridized carbons (Fsp3) is 0.286. The highest BCUT2D eigenvalue weighted by Gasteiger charge is 2.23. The number of amides is 2. The molecule has 2 N–H and O–H groups in total. The Labute approximate surface area is 220 Å². The van der Waals surface area contributed by atoms with Crippen molar-refractivity contribution in [1.29, 1.82) is 0 Å². The van der Waals surface area contributed by atoms with E-state index in [1.807, 2.05) is 43.3 Å². The number of nitrogens with one attached hydrogen (secondary N) is 2. The van der Waals surface area contributed by atoms with Crippen LogP contribution < -0.4 is 15.5 Å². The quantitative estimate of drug-likeness (QED) is 0.284. The number of anilines is 2. The molecule has 0 bridgehead atoms. The highest BCUT2D eigenvalue weighted by molar-refractivity contribution is 6.32. The van der Waals surface area contributed by atoms with Crippen molar-refractivity contribution in [2.75, 3.05) is 23.3 Å². The summed E-state index contributed by atoms with van der Waals surface area (Å²) in [6.45, 7) is 5.84. The van der Waals surface area contributed by atoms with Crippen molar-refractivity contribution in [3.8, 4) is 0 Å². The van der Waals surface area contributed by atoms with Crippen molar-refractivity contribution in [3.63, 3.8) is 0 Å². The molecule has 1 aliphatic heterocycles. The predicted octanol–water partition coefficient (Wildman–Crippen LogP) is 6.23. The number of nitro benzene ring substituents is 1. The molecule has 37 heavy (non-hydrogen) atoms. The topological polar surface area (TPSA) is 105 Å². The zero-order chi connectivity index (χ0) is 26.5. The molecule has 9 heteroatoms. The maximum Gasteiger partial charge on any atom is 0.288 e. The first-order chi connectivity index (χ1) is 17.7. The fourth-order valence-corrected chi connectivity index (χ4v) is 4.60. The Morgan fingerprint density at radius 1 is 1.03 bits per heavy atom. The summed E-state index contributed by atoms with van der Waals surface area (Å²) in [5.41, 5.74) is 2.40. The molecule has 0 aliphatic carbocycles. The van der Waals surface area contributed by atoms with Crippen molar-refractivity contribution in [2.45, 2.75) is 32.7 Å². The van der Waals surface area contributed by atoms with Crippen LogP contribution in [-0.2, 0) is 0 Å². The van der Waals surface area contributed by atoms with E-state index in [4.69, 9.17) is 11.6 Å². The average molecular weight is 521 g/mol. The van der Waals surface area contributed by atoms with Crippen LogP contribution in [0.3, 0.4) is 0 Å². The average Bonchev–Trinajstić information content (AvgIpc) is 2.89. The normalized spacial score (nSPS) is 14.6. The van der Waals surface area contributed by atoms with Crippen LogP contribution in [0.5, 0.6) is 0 Å². The molecule has 1 fully saturated rings. The Hall–Kier alpha value is -3.91. The molecule has 1 heterocycles. The molecule has 3 aromatic rings. The number of hydrogen-bond acceptors (Lipinski definition) is 5. The molecule has 1 aliphatic rings. The summed E-state index contributed by atoms with van der Waals surface area (Å²) in [7, 11) is 0. The lowest BCUT2D eigenvalue weighted by Crippen LogP contribution is -2.35. The molecule has 0 aromatic heterocycles. The molecule has 3 aromatic carbocycles. The van der Waals surface area contributed by atoms with Crippen LogP contribution in [0, 0.1) is 16.0 Å². The lowest BCUT2D eigenvalue weighted by atomic mass is 9.97. The minimum absolute atomic E-state index is 0.0479. The first kappa shape index (κ1) is 26.2. The van der Waals surface area contributed by atoms with Gasteiger partial charge >= 0.3 is 0 Å². The van der Waals surface area contributed by atoms with E-state index in [1.54, 1.807) is 12.1 Å². The van der Waals surface area contributed by atoms with Gasteiger partial charge in [0.2, 0.25) is 0 Å².